The monoisotopic (exact) mass is 324 g/mol. The fourth-order valence-corrected chi connectivity index (χ4v) is 2.61. The minimum atomic E-state index is -0.693. The lowest BCUT2D eigenvalue weighted by Gasteiger charge is -2.22. The molecule has 1 fully saturated rings. The van der Waals surface area contributed by atoms with E-state index in [1.807, 2.05) is 0 Å². The molecule has 0 radical (unpaired) electrons. The molecule has 126 valence electrons. The predicted molar refractivity (Wildman–Crippen MR) is 84.5 cm³/mol. The van der Waals surface area contributed by atoms with Gasteiger partial charge in [0.1, 0.15) is 12.4 Å². The first-order valence-corrected chi connectivity index (χ1v) is 7.88. The van der Waals surface area contributed by atoms with Gasteiger partial charge in [-0.1, -0.05) is 19.3 Å². The fourth-order valence-electron chi connectivity index (χ4n) is 2.61. The van der Waals surface area contributed by atoms with Gasteiger partial charge in [0.15, 0.2) is 11.6 Å². The SMILES string of the molecule is NCC=C(F)COc1ccc(C(=O)NC2CCCCC2)cc1F. The van der Waals surface area contributed by atoms with Gasteiger partial charge in [-0.15, -0.1) is 0 Å². The molecule has 1 aliphatic carbocycles. The highest BCUT2D eigenvalue weighted by Crippen LogP contribution is 2.21. The maximum Gasteiger partial charge on any atom is 0.251 e. The lowest BCUT2D eigenvalue weighted by Crippen LogP contribution is -2.36. The van der Waals surface area contributed by atoms with Crippen molar-refractivity contribution >= 4 is 5.91 Å². The van der Waals surface area contributed by atoms with E-state index < -0.39 is 11.6 Å². The molecule has 4 nitrogen and oxygen atoms in total. The summed E-state index contributed by atoms with van der Waals surface area (Å²) in [5.74, 6) is -1.65. The third kappa shape index (κ3) is 5.32. The number of carbonyl (C=O) groups excluding carboxylic acids is 1. The molecule has 23 heavy (non-hydrogen) atoms. The fraction of sp³-hybridized carbons (Fsp3) is 0.471. The van der Waals surface area contributed by atoms with Crippen LogP contribution in [0.5, 0.6) is 5.75 Å². The van der Waals surface area contributed by atoms with Crippen molar-refractivity contribution in [1.82, 2.24) is 5.32 Å². The first-order chi connectivity index (χ1) is 11.1. The van der Waals surface area contributed by atoms with Gasteiger partial charge in [0.25, 0.3) is 5.91 Å². The first kappa shape index (κ1) is 17.4. The van der Waals surface area contributed by atoms with Crippen LogP contribution in [0.25, 0.3) is 0 Å². The van der Waals surface area contributed by atoms with E-state index in [1.165, 1.54) is 18.6 Å². The van der Waals surface area contributed by atoms with E-state index in [0.29, 0.717) is 0 Å². The molecule has 0 saturated heterocycles. The maximum atomic E-state index is 14.0. The van der Waals surface area contributed by atoms with Crippen molar-refractivity contribution < 1.29 is 18.3 Å². The van der Waals surface area contributed by atoms with Crippen LogP contribution in [0, 0.1) is 5.82 Å². The number of benzene rings is 1. The van der Waals surface area contributed by atoms with E-state index in [4.69, 9.17) is 10.5 Å². The van der Waals surface area contributed by atoms with E-state index in [2.05, 4.69) is 5.32 Å². The number of nitrogens with two attached hydrogens (primary N) is 1. The van der Waals surface area contributed by atoms with Crippen LogP contribution >= 0.6 is 0 Å². The van der Waals surface area contributed by atoms with Crippen LogP contribution in [0.3, 0.4) is 0 Å². The summed E-state index contributed by atoms with van der Waals surface area (Å²) in [4.78, 5) is 12.1. The normalized spacial score (nSPS) is 16.2. The predicted octanol–water partition coefficient (Wildman–Crippen LogP) is 3.08. The molecule has 0 spiro atoms. The van der Waals surface area contributed by atoms with Crippen molar-refractivity contribution in [3.63, 3.8) is 0 Å². The number of hydrogen-bond acceptors (Lipinski definition) is 3. The Hall–Kier alpha value is -1.95. The number of amides is 1. The second-order valence-corrected chi connectivity index (χ2v) is 5.63. The smallest absolute Gasteiger partial charge is 0.251 e. The molecule has 0 bridgehead atoms. The average Bonchev–Trinajstić information content (AvgIpc) is 2.55. The van der Waals surface area contributed by atoms with Crippen molar-refractivity contribution in [2.45, 2.75) is 38.1 Å². The highest BCUT2D eigenvalue weighted by atomic mass is 19.1. The average molecular weight is 324 g/mol. The standard InChI is InChI=1S/C17H22F2N2O2/c18-13(8-9-20)11-23-16-7-6-12(10-15(16)19)17(22)21-14-4-2-1-3-5-14/h6-8,10,14H,1-5,9,11,20H2,(H,21,22). The van der Waals surface area contributed by atoms with Gasteiger partial charge in [-0.3, -0.25) is 4.79 Å². The zero-order valence-corrected chi connectivity index (χ0v) is 13.0. The quantitative estimate of drug-likeness (QED) is 0.845. The Kier molecular flexibility index (Phi) is 6.52. The van der Waals surface area contributed by atoms with Gasteiger partial charge < -0.3 is 15.8 Å². The molecule has 0 atom stereocenters. The number of hydrogen-bond donors (Lipinski definition) is 2. The molecule has 0 unspecified atom stereocenters. The molecule has 2 rings (SSSR count). The molecule has 1 aromatic rings. The highest BCUT2D eigenvalue weighted by molar-refractivity contribution is 5.94. The summed E-state index contributed by atoms with van der Waals surface area (Å²) in [6.07, 6.45) is 6.48. The second-order valence-electron chi connectivity index (χ2n) is 5.63. The van der Waals surface area contributed by atoms with Gasteiger partial charge in [0.2, 0.25) is 0 Å². The van der Waals surface area contributed by atoms with Crippen molar-refractivity contribution in [3.05, 3.63) is 41.5 Å². The summed E-state index contributed by atoms with van der Waals surface area (Å²) in [6, 6.07) is 4.07. The summed E-state index contributed by atoms with van der Waals surface area (Å²) in [7, 11) is 0. The van der Waals surface area contributed by atoms with Crippen molar-refractivity contribution in [2.75, 3.05) is 13.2 Å². The summed E-state index contributed by atoms with van der Waals surface area (Å²) in [6.45, 7) is -0.334. The zero-order valence-electron chi connectivity index (χ0n) is 13.0. The molecule has 1 saturated carbocycles. The van der Waals surface area contributed by atoms with Crippen LogP contribution in [0.1, 0.15) is 42.5 Å². The molecule has 6 heteroatoms. The van der Waals surface area contributed by atoms with Gasteiger partial charge in [-0.25, -0.2) is 8.78 Å². The van der Waals surface area contributed by atoms with Gasteiger partial charge in [-0.2, -0.15) is 0 Å². The van der Waals surface area contributed by atoms with Crippen LogP contribution in [-0.4, -0.2) is 25.1 Å². The number of rotatable bonds is 6. The van der Waals surface area contributed by atoms with Crippen LogP contribution in [0.4, 0.5) is 8.78 Å². The summed E-state index contributed by atoms with van der Waals surface area (Å²) in [5, 5.41) is 2.92. The zero-order chi connectivity index (χ0) is 16.7. The van der Waals surface area contributed by atoms with Crippen LogP contribution in [0.2, 0.25) is 0 Å². The molecular weight excluding hydrogens is 302 g/mol. The van der Waals surface area contributed by atoms with E-state index in [-0.39, 0.29) is 36.4 Å². The van der Waals surface area contributed by atoms with Crippen LogP contribution in [0.15, 0.2) is 30.1 Å². The Morgan fingerprint density at radius 3 is 2.74 bits per heavy atom. The molecule has 0 heterocycles. The Morgan fingerprint density at radius 1 is 1.35 bits per heavy atom. The second kappa shape index (κ2) is 8.62. The molecule has 1 aromatic carbocycles. The third-order valence-electron chi connectivity index (χ3n) is 3.84. The Labute approximate surface area is 134 Å². The number of ether oxygens (including phenoxy) is 1. The van der Waals surface area contributed by atoms with Crippen molar-refractivity contribution in [2.24, 2.45) is 5.73 Å². The Morgan fingerprint density at radius 2 is 2.09 bits per heavy atom. The summed E-state index contributed by atoms with van der Waals surface area (Å²) in [5.41, 5.74) is 5.40. The van der Waals surface area contributed by atoms with E-state index in [0.717, 1.165) is 37.8 Å². The first-order valence-electron chi connectivity index (χ1n) is 7.88. The summed E-state index contributed by atoms with van der Waals surface area (Å²) >= 11 is 0. The van der Waals surface area contributed by atoms with Gasteiger partial charge in [0, 0.05) is 18.2 Å². The number of carbonyl (C=O) groups is 1. The molecule has 1 amide bonds. The summed E-state index contributed by atoms with van der Waals surface area (Å²) < 4.78 is 32.1. The lowest BCUT2D eigenvalue weighted by atomic mass is 9.95. The lowest BCUT2D eigenvalue weighted by molar-refractivity contribution is 0.0927. The van der Waals surface area contributed by atoms with Crippen molar-refractivity contribution in [1.29, 1.82) is 0 Å². The Balaban J connectivity index is 1.95. The molecule has 0 aliphatic heterocycles. The molecule has 3 N–H and O–H groups in total. The highest BCUT2D eigenvalue weighted by Gasteiger charge is 2.17. The van der Waals surface area contributed by atoms with Crippen LogP contribution in [-0.2, 0) is 0 Å². The third-order valence-corrected chi connectivity index (χ3v) is 3.84. The molecule has 1 aliphatic rings. The van der Waals surface area contributed by atoms with Gasteiger partial charge >= 0.3 is 0 Å². The number of halogens is 2. The van der Waals surface area contributed by atoms with E-state index in [1.54, 1.807) is 0 Å². The Bertz CT molecular complexity index is 570. The van der Waals surface area contributed by atoms with Gasteiger partial charge in [0.05, 0.1) is 0 Å². The van der Waals surface area contributed by atoms with E-state index in [9.17, 15) is 13.6 Å². The van der Waals surface area contributed by atoms with Gasteiger partial charge in [-0.05, 0) is 37.1 Å². The number of nitrogens with one attached hydrogen (secondary N) is 1. The van der Waals surface area contributed by atoms with E-state index >= 15 is 0 Å². The molecular formula is C17H22F2N2O2. The minimum absolute atomic E-state index is 0.0535. The van der Waals surface area contributed by atoms with Crippen molar-refractivity contribution in [3.8, 4) is 5.75 Å². The largest absolute Gasteiger partial charge is 0.483 e. The topological polar surface area (TPSA) is 64.3 Å². The molecule has 0 aromatic heterocycles. The minimum Gasteiger partial charge on any atom is -0.483 e. The maximum absolute atomic E-state index is 14.0. The van der Waals surface area contributed by atoms with Crippen LogP contribution < -0.4 is 15.8 Å².